The van der Waals surface area contributed by atoms with Crippen molar-refractivity contribution in [3.05, 3.63) is 34.3 Å². The van der Waals surface area contributed by atoms with E-state index in [1.165, 1.54) is 0 Å². The minimum atomic E-state index is 0.0318. The second-order valence-electron chi connectivity index (χ2n) is 4.53. The molecule has 2 unspecified atom stereocenters. The molecule has 0 saturated heterocycles. The summed E-state index contributed by atoms with van der Waals surface area (Å²) in [4.78, 5) is 11.7. The summed E-state index contributed by atoms with van der Waals surface area (Å²) in [5.74, 6) is 0.0331. The van der Waals surface area contributed by atoms with Crippen LogP contribution in [-0.4, -0.2) is 18.5 Å². The molecule has 1 rings (SSSR count). The minimum Gasteiger partial charge on any atom is -0.348 e. The Morgan fingerprint density at radius 3 is 2.44 bits per heavy atom. The Kier molecular flexibility index (Phi) is 6.36. The number of benzene rings is 1. The van der Waals surface area contributed by atoms with Gasteiger partial charge in [0, 0.05) is 10.5 Å². The average Bonchev–Trinajstić information content (AvgIpc) is 2.36. The first-order valence-corrected chi connectivity index (χ1v) is 7.10. The number of carbonyl (C=O) groups is 1. The number of amides is 1. The average molecular weight is 313 g/mol. The van der Waals surface area contributed by atoms with E-state index < -0.39 is 0 Å². The molecule has 0 aromatic heterocycles. The SMILES string of the molecule is CCC(C)NCC(=O)NC(C)c1ccc(Br)cc1. The summed E-state index contributed by atoms with van der Waals surface area (Å²) in [5, 5.41) is 6.16. The number of rotatable bonds is 6. The van der Waals surface area contributed by atoms with Crippen molar-refractivity contribution in [1.29, 1.82) is 0 Å². The van der Waals surface area contributed by atoms with Gasteiger partial charge in [-0.3, -0.25) is 4.79 Å². The molecule has 3 nitrogen and oxygen atoms in total. The summed E-state index contributed by atoms with van der Waals surface area (Å²) in [6.45, 7) is 6.53. The molecule has 18 heavy (non-hydrogen) atoms. The highest BCUT2D eigenvalue weighted by Crippen LogP contribution is 2.16. The third-order valence-corrected chi connectivity index (χ3v) is 3.50. The van der Waals surface area contributed by atoms with Crippen molar-refractivity contribution in [2.75, 3.05) is 6.54 Å². The van der Waals surface area contributed by atoms with Crippen LogP contribution in [0.1, 0.15) is 38.8 Å². The van der Waals surface area contributed by atoms with Gasteiger partial charge >= 0.3 is 0 Å². The second kappa shape index (κ2) is 7.54. The molecule has 0 saturated carbocycles. The van der Waals surface area contributed by atoms with Crippen molar-refractivity contribution in [3.63, 3.8) is 0 Å². The van der Waals surface area contributed by atoms with Crippen LogP contribution in [0.15, 0.2) is 28.7 Å². The van der Waals surface area contributed by atoms with E-state index in [2.05, 4.69) is 40.4 Å². The number of hydrogen-bond acceptors (Lipinski definition) is 2. The Morgan fingerprint density at radius 1 is 1.28 bits per heavy atom. The van der Waals surface area contributed by atoms with Crippen LogP contribution in [0.25, 0.3) is 0 Å². The monoisotopic (exact) mass is 312 g/mol. The summed E-state index contributed by atoms with van der Waals surface area (Å²) in [7, 11) is 0. The highest BCUT2D eigenvalue weighted by Gasteiger charge is 2.09. The van der Waals surface area contributed by atoms with Crippen LogP contribution in [0, 0.1) is 0 Å². The fraction of sp³-hybridized carbons (Fsp3) is 0.500. The minimum absolute atomic E-state index is 0.0318. The third-order valence-electron chi connectivity index (χ3n) is 2.97. The molecule has 1 aromatic carbocycles. The van der Waals surface area contributed by atoms with Gasteiger partial charge in [0.25, 0.3) is 0 Å². The van der Waals surface area contributed by atoms with Gasteiger partial charge in [0.05, 0.1) is 12.6 Å². The fourth-order valence-electron chi connectivity index (χ4n) is 1.54. The molecule has 0 bridgehead atoms. The number of hydrogen-bond donors (Lipinski definition) is 2. The predicted octanol–water partition coefficient (Wildman–Crippen LogP) is 3.01. The highest BCUT2D eigenvalue weighted by molar-refractivity contribution is 9.10. The lowest BCUT2D eigenvalue weighted by molar-refractivity contribution is -0.121. The third kappa shape index (κ3) is 5.19. The van der Waals surface area contributed by atoms with Crippen molar-refractivity contribution in [2.24, 2.45) is 0 Å². The second-order valence-corrected chi connectivity index (χ2v) is 5.45. The van der Waals surface area contributed by atoms with Crippen LogP contribution in [-0.2, 0) is 4.79 Å². The summed E-state index contributed by atoms with van der Waals surface area (Å²) in [6, 6.07) is 8.39. The van der Waals surface area contributed by atoms with Crippen LogP contribution in [0.2, 0.25) is 0 Å². The summed E-state index contributed by atoms with van der Waals surface area (Å²) in [6.07, 6.45) is 1.02. The van der Waals surface area contributed by atoms with E-state index in [9.17, 15) is 4.79 Å². The van der Waals surface area contributed by atoms with Crippen molar-refractivity contribution in [1.82, 2.24) is 10.6 Å². The van der Waals surface area contributed by atoms with Crippen molar-refractivity contribution in [3.8, 4) is 0 Å². The van der Waals surface area contributed by atoms with E-state index in [-0.39, 0.29) is 11.9 Å². The van der Waals surface area contributed by atoms with Gasteiger partial charge in [0.1, 0.15) is 0 Å². The molecule has 0 fully saturated rings. The van der Waals surface area contributed by atoms with Crippen LogP contribution >= 0.6 is 15.9 Å². The van der Waals surface area contributed by atoms with Crippen LogP contribution < -0.4 is 10.6 Å². The Balaban J connectivity index is 2.42. The molecule has 4 heteroatoms. The van der Waals surface area contributed by atoms with Gasteiger partial charge in [-0.15, -0.1) is 0 Å². The van der Waals surface area contributed by atoms with Gasteiger partial charge in [-0.1, -0.05) is 35.0 Å². The standard InChI is InChI=1S/C14H21BrN2O/c1-4-10(2)16-9-14(18)17-11(3)12-5-7-13(15)8-6-12/h5-8,10-11,16H,4,9H2,1-3H3,(H,17,18). The zero-order valence-corrected chi connectivity index (χ0v) is 12.8. The van der Waals surface area contributed by atoms with Gasteiger partial charge in [-0.2, -0.15) is 0 Å². The van der Waals surface area contributed by atoms with E-state index in [0.29, 0.717) is 12.6 Å². The van der Waals surface area contributed by atoms with Gasteiger partial charge < -0.3 is 10.6 Å². The summed E-state index contributed by atoms with van der Waals surface area (Å²) in [5.41, 5.74) is 1.11. The molecule has 0 heterocycles. The molecule has 2 N–H and O–H groups in total. The topological polar surface area (TPSA) is 41.1 Å². The lowest BCUT2D eigenvalue weighted by Gasteiger charge is -2.16. The molecule has 0 spiro atoms. The van der Waals surface area contributed by atoms with Crippen molar-refractivity contribution >= 4 is 21.8 Å². The Bertz CT molecular complexity index is 378. The van der Waals surface area contributed by atoms with Crippen LogP contribution in [0.5, 0.6) is 0 Å². The molecular formula is C14H21BrN2O. The smallest absolute Gasteiger partial charge is 0.234 e. The molecule has 0 aliphatic heterocycles. The zero-order chi connectivity index (χ0) is 13.5. The van der Waals surface area contributed by atoms with E-state index in [1.54, 1.807) is 0 Å². The number of carbonyl (C=O) groups excluding carboxylic acids is 1. The lowest BCUT2D eigenvalue weighted by Crippen LogP contribution is -2.38. The number of halogens is 1. The molecule has 1 aromatic rings. The Morgan fingerprint density at radius 2 is 1.89 bits per heavy atom. The zero-order valence-electron chi connectivity index (χ0n) is 11.2. The van der Waals surface area contributed by atoms with Gasteiger partial charge in [0.2, 0.25) is 5.91 Å². The van der Waals surface area contributed by atoms with Crippen LogP contribution in [0.4, 0.5) is 0 Å². The first kappa shape index (κ1) is 15.2. The van der Waals surface area contributed by atoms with Crippen LogP contribution in [0.3, 0.4) is 0 Å². The lowest BCUT2D eigenvalue weighted by atomic mass is 10.1. The van der Waals surface area contributed by atoms with Gasteiger partial charge in [0.15, 0.2) is 0 Å². The molecule has 0 aliphatic carbocycles. The first-order valence-electron chi connectivity index (χ1n) is 6.31. The maximum atomic E-state index is 11.7. The van der Waals surface area contributed by atoms with Gasteiger partial charge in [-0.05, 0) is 38.0 Å². The summed E-state index contributed by atoms with van der Waals surface area (Å²) < 4.78 is 1.04. The molecule has 0 aliphatic rings. The Labute approximate surface area is 117 Å². The molecule has 0 radical (unpaired) electrons. The number of nitrogens with one attached hydrogen (secondary N) is 2. The van der Waals surface area contributed by atoms with E-state index >= 15 is 0 Å². The Hall–Kier alpha value is -0.870. The molecular weight excluding hydrogens is 292 g/mol. The molecule has 2 atom stereocenters. The highest BCUT2D eigenvalue weighted by atomic mass is 79.9. The predicted molar refractivity (Wildman–Crippen MR) is 78.5 cm³/mol. The maximum Gasteiger partial charge on any atom is 0.234 e. The summed E-state index contributed by atoms with van der Waals surface area (Å²) >= 11 is 3.40. The maximum absolute atomic E-state index is 11.7. The normalized spacial score (nSPS) is 14.0. The first-order chi connectivity index (χ1) is 8.52. The molecule has 1 amide bonds. The van der Waals surface area contributed by atoms with E-state index in [0.717, 1.165) is 16.5 Å². The fourth-order valence-corrected chi connectivity index (χ4v) is 1.80. The van der Waals surface area contributed by atoms with Crippen molar-refractivity contribution < 1.29 is 4.79 Å². The van der Waals surface area contributed by atoms with E-state index in [4.69, 9.17) is 0 Å². The molecule has 100 valence electrons. The van der Waals surface area contributed by atoms with E-state index in [1.807, 2.05) is 31.2 Å². The largest absolute Gasteiger partial charge is 0.348 e. The van der Waals surface area contributed by atoms with Crippen molar-refractivity contribution in [2.45, 2.75) is 39.3 Å². The quantitative estimate of drug-likeness (QED) is 0.847. The van der Waals surface area contributed by atoms with Gasteiger partial charge in [-0.25, -0.2) is 0 Å².